The first-order chi connectivity index (χ1) is 14.2. The third-order valence-corrected chi connectivity index (χ3v) is 9.43. The summed E-state index contributed by atoms with van der Waals surface area (Å²) in [6, 6.07) is -0.249. The molecule has 2 atom stereocenters. The van der Waals surface area contributed by atoms with Gasteiger partial charge in [-0.15, -0.1) is 0 Å². The van der Waals surface area contributed by atoms with Crippen molar-refractivity contribution < 1.29 is 13.2 Å². The highest BCUT2D eigenvalue weighted by atomic mass is 32.2. The van der Waals surface area contributed by atoms with Crippen LogP contribution in [0.3, 0.4) is 0 Å². The minimum atomic E-state index is -3.29. The molecule has 30 heavy (non-hydrogen) atoms. The summed E-state index contributed by atoms with van der Waals surface area (Å²) in [6.07, 6.45) is 3.19. The van der Waals surface area contributed by atoms with Crippen molar-refractivity contribution in [2.75, 3.05) is 39.0 Å². The largest absolute Gasteiger partial charge is 0.342 e. The molecule has 9 heteroatoms. The number of fused-ring (bicyclic) bond motifs is 1. The summed E-state index contributed by atoms with van der Waals surface area (Å²) >= 11 is 0. The molecular formula is C21H35N5O3S. The summed E-state index contributed by atoms with van der Waals surface area (Å²) < 4.78 is 28.7. The number of hydrogen-bond donors (Lipinski definition) is 0. The van der Waals surface area contributed by atoms with Gasteiger partial charge in [-0.3, -0.25) is 14.4 Å². The van der Waals surface area contributed by atoms with Crippen molar-refractivity contribution >= 4 is 15.9 Å². The van der Waals surface area contributed by atoms with Crippen LogP contribution >= 0.6 is 0 Å². The summed E-state index contributed by atoms with van der Waals surface area (Å²) in [5, 5.41) is 4.65. The van der Waals surface area contributed by atoms with Gasteiger partial charge in [0.1, 0.15) is 0 Å². The molecule has 1 aromatic rings. The second-order valence-electron chi connectivity index (χ2n) is 9.22. The third-order valence-electron chi connectivity index (χ3n) is 7.58. The van der Waals surface area contributed by atoms with Crippen LogP contribution in [0.15, 0.2) is 0 Å². The Labute approximate surface area is 180 Å². The van der Waals surface area contributed by atoms with E-state index in [-0.39, 0.29) is 17.7 Å². The second-order valence-corrected chi connectivity index (χ2v) is 11.4. The lowest BCUT2D eigenvalue weighted by molar-refractivity contribution is -0.150. The molecule has 0 aromatic carbocycles. The summed E-state index contributed by atoms with van der Waals surface area (Å²) in [5.74, 6) is 0.216. The van der Waals surface area contributed by atoms with Crippen LogP contribution in [0.2, 0.25) is 0 Å². The van der Waals surface area contributed by atoms with E-state index in [2.05, 4.69) is 23.8 Å². The van der Waals surface area contributed by atoms with E-state index in [1.54, 1.807) is 7.05 Å². The predicted molar refractivity (Wildman–Crippen MR) is 115 cm³/mol. The Morgan fingerprint density at radius 3 is 2.53 bits per heavy atom. The van der Waals surface area contributed by atoms with Crippen LogP contribution in [-0.2, 0) is 27.9 Å². The number of aryl methyl sites for hydroxylation is 2. The molecule has 0 aliphatic carbocycles. The lowest BCUT2D eigenvalue weighted by Crippen LogP contribution is -2.67. The Balaban J connectivity index is 1.64. The second kappa shape index (κ2) is 7.91. The molecule has 1 aromatic heterocycles. The van der Waals surface area contributed by atoms with Crippen LogP contribution in [0.1, 0.15) is 49.6 Å². The average Bonchev–Trinajstić information content (AvgIpc) is 3.35. The molecule has 3 aliphatic heterocycles. The number of aromatic nitrogens is 2. The Bertz CT molecular complexity index is 921. The zero-order chi connectivity index (χ0) is 21.7. The fourth-order valence-corrected chi connectivity index (χ4v) is 7.38. The van der Waals surface area contributed by atoms with Gasteiger partial charge in [-0.25, -0.2) is 12.7 Å². The molecule has 3 aliphatic rings. The maximum Gasteiger partial charge on any atom is 0.231 e. The number of hydrogen-bond acceptors (Lipinski definition) is 5. The van der Waals surface area contributed by atoms with Crippen LogP contribution in [0, 0.1) is 19.3 Å². The van der Waals surface area contributed by atoms with E-state index in [0.717, 1.165) is 51.3 Å². The van der Waals surface area contributed by atoms with Crippen LogP contribution in [0.4, 0.5) is 0 Å². The summed E-state index contributed by atoms with van der Waals surface area (Å²) in [6.45, 7) is 10.8. The van der Waals surface area contributed by atoms with Gasteiger partial charge in [0.15, 0.2) is 0 Å². The van der Waals surface area contributed by atoms with Crippen molar-refractivity contribution in [1.82, 2.24) is 23.9 Å². The Morgan fingerprint density at radius 1 is 1.20 bits per heavy atom. The van der Waals surface area contributed by atoms with E-state index in [0.29, 0.717) is 19.4 Å². The molecule has 0 spiro atoms. The van der Waals surface area contributed by atoms with Crippen LogP contribution in [-0.4, -0.2) is 83.2 Å². The molecule has 4 rings (SSSR count). The maximum atomic E-state index is 13.8. The van der Waals surface area contributed by atoms with Crippen LogP contribution in [0.5, 0.6) is 0 Å². The Hall–Kier alpha value is -1.45. The van der Waals surface area contributed by atoms with E-state index in [1.165, 1.54) is 15.6 Å². The maximum absolute atomic E-state index is 13.8. The molecule has 8 nitrogen and oxygen atoms in total. The van der Waals surface area contributed by atoms with Crippen LogP contribution in [0.25, 0.3) is 0 Å². The first kappa shape index (κ1) is 21.8. The van der Waals surface area contributed by atoms with E-state index in [4.69, 9.17) is 0 Å². The normalized spacial score (nSPS) is 29.9. The molecule has 3 saturated heterocycles. The number of nitrogens with zero attached hydrogens (tertiary/aromatic N) is 5. The number of carbonyl (C=O) groups is 1. The molecule has 0 saturated carbocycles. The van der Waals surface area contributed by atoms with Gasteiger partial charge < -0.3 is 4.90 Å². The van der Waals surface area contributed by atoms with Gasteiger partial charge in [0.25, 0.3) is 0 Å². The minimum absolute atomic E-state index is 0.0548. The van der Waals surface area contributed by atoms with E-state index in [1.807, 2.05) is 16.5 Å². The predicted octanol–water partition coefficient (Wildman–Crippen LogP) is 1.37. The minimum Gasteiger partial charge on any atom is -0.342 e. The Kier molecular flexibility index (Phi) is 5.74. The number of sulfonamides is 1. The zero-order valence-electron chi connectivity index (χ0n) is 18.7. The quantitative estimate of drug-likeness (QED) is 0.711. The first-order valence-electron chi connectivity index (χ1n) is 11.2. The van der Waals surface area contributed by atoms with E-state index >= 15 is 0 Å². The van der Waals surface area contributed by atoms with Gasteiger partial charge in [-0.2, -0.15) is 5.10 Å². The summed E-state index contributed by atoms with van der Waals surface area (Å²) in [5.41, 5.74) is 2.81. The van der Waals surface area contributed by atoms with Crippen molar-refractivity contribution in [1.29, 1.82) is 0 Å². The topological polar surface area (TPSA) is 78.8 Å². The SMILES string of the molecule is CCn1nc(C)c(CN2CC[C@H]3N(C)S(=O)(=O)CC[C@]3(C(=O)N3CCCC3)C2)c1C. The highest BCUT2D eigenvalue weighted by Crippen LogP contribution is 2.44. The van der Waals surface area contributed by atoms with Crippen molar-refractivity contribution in [2.45, 2.75) is 65.6 Å². The monoisotopic (exact) mass is 437 g/mol. The van der Waals surface area contributed by atoms with Crippen molar-refractivity contribution in [2.24, 2.45) is 5.41 Å². The zero-order valence-corrected chi connectivity index (χ0v) is 19.5. The smallest absolute Gasteiger partial charge is 0.231 e. The van der Waals surface area contributed by atoms with Gasteiger partial charge in [-0.05, 0) is 46.5 Å². The molecule has 4 heterocycles. The van der Waals surface area contributed by atoms with Crippen molar-refractivity contribution in [3.63, 3.8) is 0 Å². The molecule has 0 unspecified atom stereocenters. The van der Waals surface area contributed by atoms with Gasteiger partial charge in [0, 0.05) is 63.6 Å². The fourth-order valence-electron chi connectivity index (χ4n) is 5.77. The van der Waals surface area contributed by atoms with Crippen molar-refractivity contribution in [3.05, 3.63) is 17.0 Å². The average molecular weight is 438 g/mol. The molecule has 168 valence electrons. The van der Waals surface area contributed by atoms with Gasteiger partial charge in [0.05, 0.1) is 16.9 Å². The van der Waals surface area contributed by atoms with E-state index in [9.17, 15) is 13.2 Å². The Morgan fingerprint density at radius 2 is 1.90 bits per heavy atom. The molecule has 1 amide bonds. The summed E-state index contributed by atoms with van der Waals surface area (Å²) in [4.78, 5) is 18.1. The lowest BCUT2D eigenvalue weighted by Gasteiger charge is -2.53. The number of likely N-dealkylation sites (tertiary alicyclic amines) is 2. The van der Waals surface area contributed by atoms with Gasteiger partial charge >= 0.3 is 0 Å². The molecule has 3 fully saturated rings. The molecule has 0 radical (unpaired) electrons. The first-order valence-corrected chi connectivity index (χ1v) is 12.8. The van der Waals surface area contributed by atoms with Gasteiger partial charge in [0.2, 0.25) is 15.9 Å². The number of carbonyl (C=O) groups excluding carboxylic acids is 1. The van der Waals surface area contributed by atoms with E-state index < -0.39 is 15.4 Å². The van der Waals surface area contributed by atoms with Crippen molar-refractivity contribution in [3.8, 4) is 0 Å². The molecule has 0 N–H and O–H groups in total. The third kappa shape index (κ3) is 3.48. The highest BCUT2D eigenvalue weighted by Gasteiger charge is 2.57. The van der Waals surface area contributed by atoms with Crippen LogP contribution < -0.4 is 0 Å². The van der Waals surface area contributed by atoms with Gasteiger partial charge in [-0.1, -0.05) is 0 Å². The standard InChI is InChI=1S/C21H35N5O3S/c1-5-26-17(3)18(16(2)22-26)14-24-12-8-19-21(15-24,9-13-30(28,29)23(19)4)20(27)25-10-6-7-11-25/h19H,5-15H2,1-4H3/t19-,21+/m1/s1. The summed E-state index contributed by atoms with van der Waals surface area (Å²) in [7, 11) is -1.62. The number of piperidine rings is 1. The number of rotatable bonds is 4. The fraction of sp³-hybridized carbons (Fsp3) is 0.810. The molecule has 0 bridgehead atoms. The highest BCUT2D eigenvalue weighted by molar-refractivity contribution is 7.89. The number of amides is 1. The lowest BCUT2D eigenvalue weighted by atomic mass is 9.71. The molecular weight excluding hydrogens is 402 g/mol.